The molecule has 0 aliphatic carbocycles. The van der Waals surface area contributed by atoms with Gasteiger partial charge in [0, 0.05) is 36.6 Å². The summed E-state index contributed by atoms with van der Waals surface area (Å²) in [5.41, 5.74) is 6.66. The summed E-state index contributed by atoms with van der Waals surface area (Å²) in [6.45, 7) is 5.78. The molecule has 6 bridgehead atoms. The van der Waals surface area contributed by atoms with E-state index in [1.807, 2.05) is 32.0 Å². The van der Waals surface area contributed by atoms with Crippen LogP contribution in [0.3, 0.4) is 0 Å². The second-order valence-corrected chi connectivity index (χ2v) is 14.5. The molecule has 4 heterocycles. The number of hydrogen-bond donors (Lipinski definition) is 0. The summed E-state index contributed by atoms with van der Waals surface area (Å²) in [6, 6.07) is 20.1. The van der Waals surface area contributed by atoms with E-state index in [-0.39, 0.29) is 35.0 Å². The van der Waals surface area contributed by atoms with E-state index in [4.69, 9.17) is 33.2 Å². The fourth-order valence-corrected chi connectivity index (χ4v) is 8.44. The number of rotatable bonds is 7. The van der Waals surface area contributed by atoms with Crippen molar-refractivity contribution in [3.8, 4) is 46.0 Å². The molecule has 10 nitrogen and oxygen atoms in total. The van der Waals surface area contributed by atoms with Crippen molar-refractivity contribution < 1.29 is 59.4 Å². The first-order chi connectivity index (χ1) is 25.6. The molecule has 4 aromatic carbocycles. The van der Waals surface area contributed by atoms with E-state index >= 15 is 0 Å². The standard InChI is InChI=1S/C43H51N2O8.BrH/c1-9-51-43(46)26(2)45(4)19-17-29-23-36(48-6)38-25-32(29)34(45)21-27-10-13-31(14-11-27)52-37-22-28(12-15-35(37)47-5)20-33-40-30(16-18-44(33)3)24-39(49-7)41(50-8)42(40)53-38;/h10-15,22-26,33-34H,9,16-21H2,1-8H3;1H/q+1;/p-1/t26?,33-,34-,45?;/m0./s1. The van der Waals surface area contributed by atoms with E-state index in [1.165, 1.54) is 5.56 Å². The summed E-state index contributed by atoms with van der Waals surface area (Å²) in [4.78, 5) is 15.8. The number of nitrogens with zero attached hydrogens (tertiary/aromatic N) is 2. The van der Waals surface area contributed by atoms with E-state index in [0.717, 1.165) is 53.7 Å². The summed E-state index contributed by atoms with van der Waals surface area (Å²) in [6.07, 6.45) is 2.93. The van der Waals surface area contributed by atoms with Gasteiger partial charge in [0.2, 0.25) is 5.75 Å². The number of carbonyl (C=O) groups excluding carboxylic acids is 1. The van der Waals surface area contributed by atoms with Crippen LogP contribution < -0.4 is 45.4 Å². The molecule has 4 aliphatic heterocycles. The number of fused-ring (bicyclic) bond motifs is 2. The maximum absolute atomic E-state index is 13.4. The zero-order valence-electron chi connectivity index (χ0n) is 32.5. The van der Waals surface area contributed by atoms with Crippen LogP contribution in [0.15, 0.2) is 60.7 Å². The van der Waals surface area contributed by atoms with Crippen molar-refractivity contribution in [3.63, 3.8) is 0 Å². The average Bonchev–Trinajstić information content (AvgIpc) is 3.17. The van der Waals surface area contributed by atoms with Gasteiger partial charge < -0.3 is 54.6 Å². The lowest BCUT2D eigenvalue weighted by Gasteiger charge is -2.48. The lowest BCUT2D eigenvalue weighted by molar-refractivity contribution is -0.954. The first kappa shape index (κ1) is 39.2. The van der Waals surface area contributed by atoms with Crippen molar-refractivity contribution in [2.24, 2.45) is 0 Å². The Hall–Kier alpha value is -4.45. The molecule has 0 saturated carbocycles. The van der Waals surface area contributed by atoms with Gasteiger partial charge in [-0.2, -0.15) is 0 Å². The Morgan fingerprint density at radius 2 is 1.52 bits per heavy atom. The summed E-state index contributed by atoms with van der Waals surface area (Å²) >= 11 is 0. The largest absolute Gasteiger partial charge is 1.00 e. The first-order valence-corrected chi connectivity index (χ1v) is 18.4. The number of quaternary nitrogens is 1. The number of esters is 1. The molecule has 8 rings (SSSR count). The van der Waals surface area contributed by atoms with Gasteiger partial charge in [-0.3, -0.25) is 4.90 Å². The predicted molar refractivity (Wildman–Crippen MR) is 202 cm³/mol. The van der Waals surface area contributed by atoms with Gasteiger partial charge in [-0.15, -0.1) is 0 Å². The molecule has 0 fully saturated rings. The molecule has 4 aromatic rings. The Morgan fingerprint density at radius 3 is 2.20 bits per heavy atom. The minimum Gasteiger partial charge on any atom is -1.00 e. The lowest BCUT2D eigenvalue weighted by Crippen LogP contribution is -3.00. The Labute approximate surface area is 329 Å². The number of ether oxygens (including phenoxy) is 7. The predicted octanol–water partition coefficient (Wildman–Crippen LogP) is 4.63. The molecular weight excluding hydrogens is 752 g/mol. The second kappa shape index (κ2) is 16.1. The molecule has 11 heteroatoms. The topological polar surface area (TPSA) is 84.9 Å². The molecule has 0 aromatic heterocycles. The average molecular weight is 804 g/mol. The summed E-state index contributed by atoms with van der Waals surface area (Å²) < 4.78 is 43.5. The second-order valence-electron chi connectivity index (χ2n) is 14.5. The van der Waals surface area contributed by atoms with Gasteiger partial charge in [0.05, 0.1) is 48.6 Å². The van der Waals surface area contributed by atoms with Crippen LogP contribution in [-0.2, 0) is 35.2 Å². The highest BCUT2D eigenvalue weighted by Crippen LogP contribution is 2.52. The van der Waals surface area contributed by atoms with Gasteiger partial charge in [0.25, 0.3) is 0 Å². The van der Waals surface area contributed by atoms with Gasteiger partial charge in [-0.05, 0) is 98.5 Å². The van der Waals surface area contributed by atoms with Gasteiger partial charge in [-0.25, -0.2) is 4.79 Å². The van der Waals surface area contributed by atoms with Gasteiger partial charge >= 0.3 is 5.97 Å². The minimum absolute atomic E-state index is 0. The fraction of sp³-hybridized carbons (Fsp3) is 0.419. The molecule has 4 atom stereocenters. The molecular formula is C43H51BrN2O8. The smallest absolute Gasteiger partial charge is 0.364 e. The minimum atomic E-state index is -0.401. The highest BCUT2D eigenvalue weighted by atomic mass is 79.9. The van der Waals surface area contributed by atoms with Crippen LogP contribution in [0.2, 0.25) is 0 Å². The number of halogens is 1. The monoisotopic (exact) mass is 802 g/mol. The molecule has 54 heavy (non-hydrogen) atoms. The van der Waals surface area contributed by atoms with Crippen LogP contribution in [0.25, 0.3) is 0 Å². The highest BCUT2D eigenvalue weighted by Gasteiger charge is 2.47. The summed E-state index contributed by atoms with van der Waals surface area (Å²) in [5.74, 6) is 4.74. The summed E-state index contributed by atoms with van der Waals surface area (Å²) in [7, 11) is 11.0. The van der Waals surface area contributed by atoms with E-state index in [9.17, 15) is 4.79 Å². The molecule has 288 valence electrons. The van der Waals surface area contributed by atoms with Gasteiger partial charge in [0.15, 0.2) is 40.5 Å². The number of benzene rings is 4. The van der Waals surface area contributed by atoms with Crippen LogP contribution in [-0.4, -0.2) is 83.6 Å². The Morgan fingerprint density at radius 1 is 0.833 bits per heavy atom. The van der Waals surface area contributed by atoms with Gasteiger partial charge in [0.1, 0.15) is 11.8 Å². The van der Waals surface area contributed by atoms with E-state index in [2.05, 4.69) is 61.5 Å². The van der Waals surface area contributed by atoms with Crippen LogP contribution in [0, 0.1) is 0 Å². The summed E-state index contributed by atoms with van der Waals surface area (Å²) in [5, 5.41) is 0. The van der Waals surface area contributed by atoms with Crippen LogP contribution in [0.4, 0.5) is 0 Å². The van der Waals surface area contributed by atoms with Crippen LogP contribution >= 0.6 is 0 Å². The molecule has 0 saturated heterocycles. The zero-order chi connectivity index (χ0) is 37.4. The molecule has 2 unspecified atom stereocenters. The van der Waals surface area contributed by atoms with Crippen LogP contribution in [0.5, 0.6) is 46.0 Å². The number of likely N-dealkylation sites (N-methyl/N-ethyl adjacent to an activating group) is 2. The number of carbonyl (C=O) groups is 1. The van der Waals surface area contributed by atoms with Gasteiger partial charge in [-0.1, -0.05) is 18.2 Å². The van der Waals surface area contributed by atoms with E-state index in [1.54, 1.807) is 28.4 Å². The third-order valence-electron chi connectivity index (χ3n) is 11.7. The van der Waals surface area contributed by atoms with Crippen molar-refractivity contribution in [3.05, 3.63) is 94.0 Å². The number of methoxy groups -OCH3 is 4. The third-order valence-corrected chi connectivity index (χ3v) is 11.7. The SMILES string of the molecule is CCOC(=O)C(C)[N+]1(C)CCc2cc(OC)c3cc2[C@@H]1Cc1ccc(cc1)Oc1cc(ccc1OC)C[C@H]1c2c(cc(OC)c(OC)c2O3)CCN1C.[Br-]. The lowest BCUT2D eigenvalue weighted by atomic mass is 9.85. The van der Waals surface area contributed by atoms with E-state index in [0.29, 0.717) is 69.9 Å². The molecule has 0 N–H and O–H groups in total. The van der Waals surface area contributed by atoms with Crippen molar-refractivity contribution >= 4 is 5.97 Å². The highest BCUT2D eigenvalue weighted by molar-refractivity contribution is 5.74. The van der Waals surface area contributed by atoms with Crippen molar-refractivity contribution in [2.75, 3.05) is 62.2 Å². The molecule has 4 aliphatic rings. The Kier molecular flexibility index (Phi) is 11.7. The molecule has 0 radical (unpaired) electrons. The fourth-order valence-electron chi connectivity index (χ4n) is 8.44. The van der Waals surface area contributed by atoms with Crippen molar-refractivity contribution in [2.45, 2.75) is 57.7 Å². The first-order valence-electron chi connectivity index (χ1n) is 18.4. The quantitative estimate of drug-likeness (QED) is 0.196. The number of hydrogen-bond acceptors (Lipinski definition) is 9. The molecule has 0 spiro atoms. The van der Waals surface area contributed by atoms with E-state index < -0.39 is 6.04 Å². The maximum atomic E-state index is 13.4. The Balaban J connectivity index is 0.00000497. The Bertz CT molecular complexity index is 2000. The third kappa shape index (κ3) is 7.09. The van der Waals surface area contributed by atoms with Crippen molar-refractivity contribution in [1.82, 2.24) is 4.90 Å². The maximum Gasteiger partial charge on any atom is 0.364 e. The normalized spacial score (nSPS) is 20.7. The zero-order valence-corrected chi connectivity index (χ0v) is 34.1. The van der Waals surface area contributed by atoms with Crippen LogP contribution in [0.1, 0.15) is 59.3 Å². The van der Waals surface area contributed by atoms with Crippen molar-refractivity contribution in [1.29, 1.82) is 0 Å². The molecule has 0 amide bonds.